The number of fused-ring (bicyclic) bond motifs is 1. The monoisotopic (exact) mass is 337 g/mol. The highest BCUT2D eigenvalue weighted by Gasteiger charge is 2.49. The summed E-state index contributed by atoms with van der Waals surface area (Å²) >= 11 is 0. The van der Waals surface area contributed by atoms with E-state index in [1.165, 1.54) is 0 Å². The van der Waals surface area contributed by atoms with Crippen LogP contribution in [0.5, 0.6) is 5.75 Å². The van der Waals surface area contributed by atoms with Crippen LogP contribution in [0, 0.1) is 5.92 Å². The van der Waals surface area contributed by atoms with Gasteiger partial charge in [-0.05, 0) is 11.8 Å². The lowest BCUT2D eigenvalue weighted by atomic mass is 9.90. The molecule has 0 spiro atoms. The average molecular weight is 337 g/mol. The fourth-order valence-corrected chi connectivity index (χ4v) is 3.28. The van der Waals surface area contributed by atoms with Gasteiger partial charge in [-0.25, -0.2) is 13.8 Å². The van der Waals surface area contributed by atoms with Gasteiger partial charge in [0.2, 0.25) is 0 Å². The molecule has 1 fully saturated rings. The van der Waals surface area contributed by atoms with Crippen molar-refractivity contribution in [3.05, 3.63) is 23.0 Å². The summed E-state index contributed by atoms with van der Waals surface area (Å²) in [6.45, 7) is 3.32. The van der Waals surface area contributed by atoms with Crippen LogP contribution in [0.4, 0.5) is 22.0 Å². The molecule has 1 saturated carbocycles. The van der Waals surface area contributed by atoms with Crippen molar-refractivity contribution < 1.29 is 31.8 Å². The van der Waals surface area contributed by atoms with E-state index in [1.54, 1.807) is 13.8 Å². The number of ether oxygens (including phenoxy) is 1. The standard InChI is InChI=1S/C15H16F5NO2/c1-6-7(2)12(22)11-10(6)9(5-21-13(11)15(18,19)20)23-8-3-14(16,17)4-8/h5-8,12,22H,3-4H2,1-2H3/t6?,7-,12-/m1/s1. The number of halogens is 5. The Hall–Kier alpha value is -1.44. The van der Waals surface area contributed by atoms with Crippen LogP contribution < -0.4 is 4.74 Å². The summed E-state index contributed by atoms with van der Waals surface area (Å²) in [6, 6.07) is 0. The zero-order valence-electron chi connectivity index (χ0n) is 12.5. The van der Waals surface area contributed by atoms with Gasteiger partial charge in [-0.2, -0.15) is 13.2 Å². The third-order valence-corrected chi connectivity index (χ3v) is 4.77. The van der Waals surface area contributed by atoms with Gasteiger partial charge in [0.05, 0.1) is 12.3 Å². The number of alkyl halides is 5. The van der Waals surface area contributed by atoms with Crippen LogP contribution in [-0.4, -0.2) is 22.1 Å². The van der Waals surface area contributed by atoms with E-state index < -0.39 is 48.8 Å². The second kappa shape index (κ2) is 5.03. The van der Waals surface area contributed by atoms with Gasteiger partial charge >= 0.3 is 6.18 Å². The van der Waals surface area contributed by atoms with E-state index in [0.717, 1.165) is 6.20 Å². The molecular weight excluding hydrogens is 321 g/mol. The SMILES string of the molecule is CC1c2c(OC3CC(F)(F)C3)cnc(C(F)(F)F)c2[C@H](O)[C@@H]1C. The Morgan fingerprint density at radius 3 is 2.35 bits per heavy atom. The molecule has 1 heterocycles. The Labute approximate surface area is 129 Å². The van der Waals surface area contributed by atoms with Crippen molar-refractivity contribution in [3.8, 4) is 5.75 Å². The topological polar surface area (TPSA) is 42.4 Å². The Morgan fingerprint density at radius 2 is 1.83 bits per heavy atom. The van der Waals surface area contributed by atoms with E-state index in [4.69, 9.17) is 4.74 Å². The fraction of sp³-hybridized carbons (Fsp3) is 0.667. The van der Waals surface area contributed by atoms with Crippen LogP contribution in [0.2, 0.25) is 0 Å². The van der Waals surface area contributed by atoms with Crippen LogP contribution in [0.1, 0.15) is 55.5 Å². The minimum absolute atomic E-state index is 0.0596. The summed E-state index contributed by atoms with van der Waals surface area (Å²) in [5.41, 5.74) is -1.20. The summed E-state index contributed by atoms with van der Waals surface area (Å²) < 4.78 is 70.6. The van der Waals surface area contributed by atoms with Gasteiger partial charge in [-0.15, -0.1) is 0 Å². The first-order chi connectivity index (χ1) is 10.5. The summed E-state index contributed by atoms with van der Waals surface area (Å²) in [4.78, 5) is 3.39. The molecule has 0 radical (unpaired) electrons. The predicted octanol–water partition coefficient (Wildman–Crippen LogP) is 4.06. The molecule has 128 valence electrons. The molecule has 8 heteroatoms. The predicted molar refractivity (Wildman–Crippen MR) is 70.4 cm³/mol. The quantitative estimate of drug-likeness (QED) is 0.828. The summed E-state index contributed by atoms with van der Waals surface area (Å²) in [5.74, 6) is -3.56. The number of rotatable bonds is 2. The average Bonchev–Trinajstić information content (AvgIpc) is 2.61. The van der Waals surface area contributed by atoms with Gasteiger partial charge in [0, 0.05) is 24.0 Å². The Morgan fingerprint density at radius 1 is 1.22 bits per heavy atom. The first kappa shape index (κ1) is 16.4. The molecule has 0 bridgehead atoms. The van der Waals surface area contributed by atoms with Gasteiger partial charge in [0.25, 0.3) is 5.92 Å². The number of nitrogens with zero attached hydrogens (tertiary/aromatic N) is 1. The number of aliphatic hydroxyl groups is 1. The smallest absolute Gasteiger partial charge is 0.433 e. The lowest BCUT2D eigenvalue weighted by Gasteiger charge is -2.35. The van der Waals surface area contributed by atoms with Crippen molar-refractivity contribution in [2.45, 2.75) is 56.9 Å². The van der Waals surface area contributed by atoms with E-state index in [9.17, 15) is 27.1 Å². The number of pyridine rings is 1. The number of aromatic nitrogens is 1. The van der Waals surface area contributed by atoms with E-state index in [-0.39, 0.29) is 22.8 Å². The third kappa shape index (κ3) is 2.66. The first-order valence-corrected chi connectivity index (χ1v) is 7.34. The number of aliphatic hydroxyl groups excluding tert-OH is 1. The van der Waals surface area contributed by atoms with Crippen molar-refractivity contribution in [2.24, 2.45) is 5.92 Å². The number of hydrogen-bond donors (Lipinski definition) is 1. The molecule has 1 aromatic heterocycles. The third-order valence-electron chi connectivity index (χ3n) is 4.77. The molecule has 0 aromatic carbocycles. The minimum atomic E-state index is -4.70. The molecule has 3 rings (SSSR count). The molecule has 0 aliphatic heterocycles. The zero-order chi connectivity index (χ0) is 17.2. The first-order valence-electron chi connectivity index (χ1n) is 7.34. The molecular formula is C15H16F5NO2. The Bertz CT molecular complexity index is 623. The fourth-order valence-electron chi connectivity index (χ4n) is 3.28. The zero-order valence-corrected chi connectivity index (χ0v) is 12.5. The van der Waals surface area contributed by atoms with Crippen LogP contribution in [0.15, 0.2) is 6.20 Å². The highest BCUT2D eigenvalue weighted by molar-refractivity contribution is 5.49. The highest BCUT2D eigenvalue weighted by Crippen LogP contribution is 2.52. The van der Waals surface area contributed by atoms with Crippen molar-refractivity contribution in [1.82, 2.24) is 4.98 Å². The van der Waals surface area contributed by atoms with Crippen LogP contribution in [-0.2, 0) is 6.18 Å². The van der Waals surface area contributed by atoms with E-state index in [1.807, 2.05) is 0 Å². The molecule has 2 aliphatic rings. The van der Waals surface area contributed by atoms with Gasteiger partial charge in [-0.1, -0.05) is 13.8 Å². The molecule has 2 aliphatic carbocycles. The Kier molecular flexibility index (Phi) is 3.59. The number of hydrogen-bond acceptors (Lipinski definition) is 3. The van der Waals surface area contributed by atoms with Gasteiger partial charge in [0.15, 0.2) is 5.69 Å². The van der Waals surface area contributed by atoms with Crippen molar-refractivity contribution in [2.75, 3.05) is 0 Å². The van der Waals surface area contributed by atoms with Gasteiger partial charge in [0.1, 0.15) is 11.9 Å². The molecule has 0 saturated heterocycles. The molecule has 3 nitrogen and oxygen atoms in total. The molecule has 3 atom stereocenters. The van der Waals surface area contributed by atoms with Crippen molar-refractivity contribution in [3.63, 3.8) is 0 Å². The highest BCUT2D eigenvalue weighted by atomic mass is 19.4. The summed E-state index contributed by atoms with van der Waals surface area (Å²) in [7, 11) is 0. The second-order valence-corrected chi connectivity index (χ2v) is 6.39. The molecule has 1 unspecified atom stereocenters. The maximum absolute atomic E-state index is 13.1. The van der Waals surface area contributed by atoms with E-state index >= 15 is 0 Å². The van der Waals surface area contributed by atoms with E-state index in [0.29, 0.717) is 0 Å². The molecule has 1 N–H and O–H groups in total. The molecule has 0 amide bonds. The van der Waals surface area contributed by atoms with E-state index in [2.05, 4.69) is 4.98 Å². The Balaban J connectivity index is 2.00. The molecule has 23 heavy (non-hydrogen) atoms. The molecule has 1 aromatic rings. The van der Waals surface area contributed by atoms with Crippen molar-refractivity contribution >= 4 is 0 Å². The van der Waals surface area contributed by atoms with Crippen LogP contribution in [0.25, 0.3) is 0 Å². The van der Waals surface area contributed by atoms with Crippen LogP contribution in [0.3, 0.4) is 0 Å². The second-order valence-electron chi connectivity index (χ2n) is 6.39. The van der Waals surface area contributed by atoms with Gasteiger partial charge < -0.3 is 9.84 Å². The maximum atomic E-state index is 13.1. The lowest BCUT2D eigenvalue weighted by Crippen LogP contribution is -2.43. The van der Waals surface area contributed by atoms with Gasteiger partial charge in [-0.3, -0.25) is 0 Å². The lowest BCUT2D eigenvalue weighted by molar-refractivity contribution is -0.143. The summed E-state index contributed by atoms with van der Waals surface area (Å²) in [5, 5.41) is 10.2. The summed E-state index contributed by atoms with van der Waals surface area (Å²) in [6.07, 6.45) is -6.75. The normalized spacial score (nSPS) is 30.0. The van der Waals surface area contributed by atoms with Crippen LogP contribution >= 0.6 is 0 Å². The van der Waals surface area contributed by atoms with Crippen molar-refractivity contribution in [1.29, 1.82) is 0 Å². The maximum Gasteiger partial charge on any atom is 0.433 e. The largest absolute Gasteiger partial charge is 0.488 e. The minimum Gasteiger partial charge on any atom is -0.488 e.